The molecule has 5 heteroatoms. The van der Waals surface area contributed by atoms with Crippen molar-refractivity contribution in [1.82, 2.24) is 4.98 Å². The van der Waals surface area contributed by atoms with Gasteiger partial charge in [-0.05, 0) is 42.0 Å². The number of nitrogens with one attached hydrogen (secondary N) is 1. The van der Waals surface area contributed by atoms with E-state index in [1.54, 1.807) is 6.07 Å². The number of hydrogen-bond acceptors (Lipinski definition) is 2. The quantitative estimate of drug-likeness (QED) is 0.730. The number of hydrogen-bond donors (Lipinski definition) is 2. The van der Waals surface area contributed by atoms with Crippen molar-refractivity contribution >= 4 is 33.9 Å². The summed E-state index contributed by atoms with van der Waals surface area (Å²) in [5, 5.41) is 1.25. The third-order valence-corrected chi connectivity index (χ3v) is 3.69. The Morgan fingerprint density at radius 3 is 2.59 bits per heavy atom. The molecule has 4 nitrogen and oxygen atoms in total. The number of fused-ring (bicyclic) bond motifs is 1. The summed E-state index contributed by atoms with van der Waals surface area (Å²) in [6, 6.07) is 19.0. The fraction of sp³-hybridized carbons (Fsp3) is 0.0588. The van der Waals surface area contributed by atoms with Crippen LogP contribution in [0.15, 0.2) is 65.5 Å². The van der Waals surface area contributed by atoms with E-state index in [0.717, 1.165) is 22.2 Å². The second kappa shape index (κ2) is 5.99. The van der Waals surface area contributed by atoms with Crippen molar-refractivity contribution in [2.75, 3.05) is 4.90 Å². The molecule has 3 N–H and O–H groups in total. The van der Waals surface area contributed by atoms with E-state index >= 15 is 0 Å². The van der Waals surface area contributed by atoms with Crippen LogP contribution in [0.2, 0.25) is 0 Å². The summed E-state index contributed by atoms with van der Waals surface area (Å²) in [7, 11) is 0. The molecule has 0 atom stereocenters. The summed E-state index contributed by atoms with van der Waals surface area (Å²) in [5.41, 5.74) is 8.58. The second-order valence-electron chi connectivity index (χ2n) is 5.00. The number of aromatic nitrogens is 1. The van der Waals surface area contributed by atoms with Crippen LogP contribution >= 0.6 is 12.2 Å². The SMILES string of the molecule is NC(=S)N(Cc1ccccc1)c1ccc2[nH]c(=O)ccc2c1. The summed E-state index contributed by atoms with van der Waals surface area (Å²) >= 11 is 5.19. The first kappa shape index (κ1) is 14.3. The van der Waals surface area contributed by atoms with Crippen LogP contribution in [0.4, 0.5) is 5.69 Å². The van der Waals surface area contributed by atoms with Gasteiger partial charge in [-0.1, -0.05) is 30.3 Å². The fourth-order valence-corrected chi connectivity index (χ4v) is 2.54. The van der Waals surface area contributed by atoms with Gasteiger partial charge in [-0.25, -0.2) is 0 Å². The maximum atomic E-state index is 11.3. The zero-order valence-electron chi connectivity index (χ0n) is 11.8. The number of rotatable bonds is 3. The second-order valence-corrected chi connectivity index (χ2v) is 5.42. The number of nitrogens with two attached hydrogens (primary N) is 1. The van der Waals surface area contributed by atoms with Gasteiger partial charge in [-0.3, -0.25) is 4.79 Å². The topological polar surface area (TPSA) is 62.1 Å². The number of pyridine rings is 1. The first-order chi connectivity index (χ1) is 10.6. The van der Waals surface area contributed by atoms with Crippen LogP contribution < -0.4 is 16.2 Å². The summed E-state index contributed by atoms with van der Waals surface area (Å²) in [4.78, 5) is 16.0. The third-order valence-electron chi connectivity index (χ3n) is 3.47. The summed E-state index contributed by atoms with van der Waals surface area (Å²) < 4.78 is 0. The normalized spacial score (nSPS) is 10.5. The molecule has 2 aromatic carbocycles. The highest BCUT2D eigenvalue weighted by Gasteiger charge is 2.11. The van der Waals surface area contributed by atoms with Crippen LogP contribution in [0, 0.1) is 0 Å². The Bertz CT molecular complexity index is 874. The molecule has 0 aliphatic rings. The number of anilines is 1. The van der Waals surface area contributed by atoms with Crippen LogP contribution in [-0.2, 0) is 6.54 Å². The van der Waals surface area contributed by atoms with Gasteiger partial charge in [-0.2, -0.15) is 0 Å². The smallest absolute Gasteiger partial charge is 0.248 e. The Morgan fingerprint density at radius 1 is 1.09 bits per heavy atom. The van der Waals surface area contributed by atoms with E-state index in [9.17, 15) is 4.79 Å². The maximum Gasteiger partial charge on any atom is 0.248 e. The average Bonchev–Trinajstić information content (AvgIpc) is 2.53. The van der Waals surface area contributed by atoms with Gasteiger partial charge < -0.3 is 15.6 Å². The van der Waals surface area contributed by atoms with Gasteiger partial charge in [0.25, 0.3) is 0 Å². The van der Waals surface area contributed by atoms with Gasteiger partial charge in [0, 0.05) is 22.7 Å². The molecular formula is C17H15N3OS. The minimum atomic E-state index is -0.115. The molecule has 0 saturated heterocycles. The Labute approximate surface area is 133 Å². The summed E-state index contributed by atoms with van der Waals surface area (Å²) in [6.45, 7) is 0.602. The van der Waals surface area contributed by atoms with E-state index in [0.29, 0.717) is 11.7 Å². The van der Waals surface area contributed by atoms with E-state index in [4.69, 9.17) is 18.0 Å². The lowest BCUT2D eigenvalue weighted by atomic mass is 10.1. The fourth-order valence-electron chi connectivity index (χ4n) is 2.37. The van der Waals surface area contributed by atoms with E-state index in [1.807, 2.05) is 53.4 Å². The molecule has 1 heterocycles. The number of H-pyrrole nitrogens is 1. The Hall–Kier alpha value is -2.66. The molecule has 0 unspecified atom stereocenters. The first-order valence-electron chi connectivity index (χ1n) is 6.87. The van der Waals surface area contributed by atoms with Crippen molar-refractivity contribution in [2.45, 2.75) is 6.54 Å². The van der Waals surface area contributed by atoms with Gasteiger partial charge in [0.2, 0.25) is 5.56 Å². The molecule has 0 fully saturated rings. The number of aromatic amines is 1. The van der Waals surface area contributed by atoms with Gasteiger partial charge in [0.15, 0.2) is 5.11 Å². The van der Waals surface area contributed by atoms with Crippen molar-refractivity contribution in [2.24, 2.45) is 5.73 Å². The van der Waals surface area contributed by atoms with E-state index in [1.165, 1.54) is 6.07 Å². The molecule has 0 aliphatic heterocycles. The van der Waals surface area contributed by atoms with E-state index in [-0.39, 0.29) is 5.56 Å². The van der Waals surface area contributed by atoms with E-state index < -0.39 is 0 Å². The third kappa shape index (κ3) is 2.99. The van der Waals surface area contributed by atoms with E-state index in [2.05, 4.69) is 4.98 Å². The predicted molar refractivity (Wildman–Crippen MR) is 94.0 cm³/mol. The Balaban J connectivity index is 1.99. The molecule has 0 aliphatic carbocycles. The summed E-state index contributed by atoms with van der Waals surface area (Å²) in [5.74, 6) is 0. The Kier molecular flexibility index (Phi) is 3.89. The van der Waals surface area contributed by atoms with Crippen LogP contribution in [0.5, 0.6) is 0 Å². The minimum Gasteiger partial charge on any atom is -0.376 e. The van der Waals surface area contributed by atoms with Crippen molar-refractivity contribution in [1.29, 1.82) is 0 Å². The molecular weight excluding hydrogens is 294 g/mol. The highest BCUT2D eigenvalue weighted by Crippen LogP contribution is 2.22. The van der Waals surface area contributed by atoms with Gasteiger partial charge in [0.05, 0.1) is 6.54 Å². The molecule has 0 amide bonds. The van der Waals surface area contributed by atoms with Gasteiger partial charge in [0.1, 0.15) is 0 Å². The minimum absolute atomic E-state index is 0.115. The number of thiocarbonyl (C=S) groups is 1. The lowest BCUT2D eigenvalue weighted by Crippen LogP contribution is -2.34. The molecule has 0 radical (unpaired) electrons. The lowest BCUT2D eigenvalue weighted by Gasteiger charge is -2.23. The average molecular weight is 309 g/mol. The van der Waals surface area contributed by atoms with Crippen molar-refractivity contribution in [3.63, 3.8) is 0 Å². The van der Waals surface area contributed by atoms with Crippen molar-refractivity contribution in [3.05, 3.63) is 76.6 Å². The zero-order chi connectivity index (χ0) is 15.5. The van der Waals surface area contributed by atoms with Gasteiger partial charge in [-0.15, -0.1) is 0 Å². The number of nitrogens with zero attached hydrogens (tertiary/aromatic N) is 1. The maximum absolute atomic E-state index is 11.3. The van der Waals surface area contributed by atoms with Crippen molar-refractivity contribution < 1.29 is 0 Å². The van der Waals surface area contributed by atoms with Crippen molar-refractivity contribution in [3.8, 4) is 0 Å². The predicted octanol–water partition coefficient (Wildman–Crippen LogP) is 2.78. The molecule has 0 bridgehead atoms. The standard InChI is InChI=1S/C17H15N3OS/c18-17(22)20(11-12-4-2-1-3-5-12)14-7-8-15-13(10-14)6-9-16(21)19-15/h1-10H,11H2,(H2,18,22)(H,19,21). The number of benzene rings is 2. The Morgan fingerprint density at radius 2 is 1.86 bits per heavy atom. The zero-order valence-corrected chi connectivity index (χ0v) is 12.6. The molecule has 110 valence electrons. The van der Waals surface area contributed by atoms with Crippen LogP contribution in [-0.4, -0.2) is 10.1 Å². The van der Waals surface area contributed by atoms with Crippen LogP contribution in [0.25, 0.3) is 10.9 Å². The van der Waals surface area contributed by atoms with Crippen LogP contribution in [0.1, 0.15) is 5.56 Å². The molecule has 3 rings (SSSR count). The van der Waals surface area contributed by atoms with Crippen LogP contribution in [0.3, 0.4) is 0 Å². The molecule has 1 aromatic heterocycles. The highest BCUT2D eigenvalue weighted by molar-refractivity contribution is 7.80. The molecule has 3 aromatic rings. The molecule has 0 spiro atoms. The molecule has 0 saturated carbocycles. The summed E-state index contributed by atoms with van der Waals surface area (Å²) in [6.07, 6.45) is 0. The molecule has 22 heavy (non-hydrogen) atoms. The lowest BCUT2D eigenvalue weighted by molar-refractivity contribution is 1.01. The first-order valence-corrected chi connectivity index (χ1v) is 7.28. The largest absolute Gasteiger partial charge is 0.376 e. The highest BCUT2D eigenvalue weighted by atomic mass is 32.1. The van der Waals surface area contributed by atoms with Gasteiger partial charge >= 0.3 is 0 Å². The monoisotopic (exact) mass is 309 g/mol.